The molecule has 0 saturated carbocycles. The minimum absolute atomic E-state index is 0.0192. The summed E-state index contributed by atoms with van der Waals surface area (Å²) in [6, 6.07) is 18.9. The molecule has 2 aromatic heterocycles. The number of nitro groups is 1. The maximum atomic E-state index is 13.9. The largest absolute Gasteiger partial charge is 0.445 e. The van der Waals surface area contributed by atoms with Gasteiger partial charge in [-0.3, -0.25) is 19.7 Å². The summed E-state index contributed by atoms with van der Waals surface area (Å²) >= 11 is 0. The first-order valence-electron chi connectivity index (χ1n) is 14.0. The second-order valence-electron chi connectivity index (χ2n) is 10.2. The molecule has 1 atom stereocenters. The Labute approximate surface area is 242 Å². The molecule has 5 aromatic rings. The summed E-state index contributed by atoms with van der Waals surface area (Å²) < 4.78 is 3.31. The van der Waals surface area contributed by atoms with Crippen LogP contribution in [0.4, 0.5) is 10.5 Å². The van der Waals surface area contributed by atoms with Crippen molar-refractivity contribution < 1.29 is 19.3 Å². The van der Waals surface area contributed by atoms with E-state index >= 15 is 0 Å². The van der Waals surface area contributed by atoms with Crippen molar-refractivity contribution in [1.29, 1.82) is 0 Å². The number of imidazole rings is 1. The van der Waals surface area contributed by atoms with Crippen molar-refractivity contribution in [1.82, 2.24) is 14.1 Å². The third-order valence-corrected chi connectivity index (χ3v) is 7.50. The minimum atomic E-state index is -0.812. The Kier molecular flexibility index (Phi) is 8.52. The van der Waals surface area contributed by atoms with Gasteiger partial charge in [-0.15, -0.1) is 0 Å². The molecule has 0 amide bonds. The zero-order valence-corrected chi connectivity index (χ0v) is 23.5. The topological polar surface area (TPSA) is 122 Å². The molecule has 0 aliphatic carbocycles. The van der Waals surface area contributed by atoms with Gasteiger partial charge in [-0.1, -0.05) is 68.6 Å². The number of hydrogen-bond acceptors (Lipinski definition) is 7. The Balaban J connectivity index is 1.60. The highest BCUT2D eigenvalue weighted by atomic mass is 16.7. The first-order chi connectivity index (χ1) is 20.4. The van der Waals surface area contributed by atoms with Crippen molar-refractivity contribution in [2.75, 3.05) is 0 Å². The van der Waals surface area contributed by atoms with Crippen LogP contribution in [0.25, 0.3) is 21.8 Å². The molecular formula is C32H31N5O5. The van der Waals surface area contributed by atoms with Crippen LogP contribution in [0.5, 0.6) is 0 Å². The summed E-state index contributed by atoms with van der Waals surface area (Å²) in [5.74, 6) is -0.00973. The number of fused-ring (bicyclic) bond motifs is 3. The van der Waals surface area contributed by atoms with Crippen LogP contribution in [0, 0.1) is 16.0 Å². The normalized spacial score (nSPS) is 12.5. The summed E-state index contributed by atoms with van der Waals surface area (Å²) in [6.45, 7) is 5.12. The molecule has 10 nitrogen and oxygen atoms in total. The van der Waals surface area contributed by atoms with Gasteiger partial charge >= 0.3 is 6.09 Å². The average Bonchev–Trinajstić information content (AvgIpc) is 3.66. The number of rotatable bonds is 11. The molecule has 0 saturated heterocycles. The number of benzene rings is 3. The van der Waals surface area contributed by atoms with Gasteiger partial charge in [-0.05, 0) is 36.6 Å². The summed E-state index contributed by atoms with van der Waals surface area (Å²) in [4.78, 5) is 46.5. The molecule has 0 bridgehead atoms. The molecule has 42 heavy (non-hydrogen) atoms. The molecule has 0 spiro atoms. The van der Waals surface area contributed by atoms with Crippen LogP contribution in [-0.4, -0.2) is 36.6 Å². The Bertz CT molecular complexity index is 1770. The van der Waals surface area contributed by atoms with Gasteiger partial charge in [0, 0.05) is 64.0 Å². The highest BCUT2D eigenvalue weighted by Crippen LogP contribution is 2.34. The molecule has 0 radical (unpaired) electrons. The fraction of sp³-hybridized carbons (Fsp3) is 0.250. The van der Waals surface area contributed by atoms with E-state index in [1.54, 1.807) is 54.6 Å². The number of aromatic nitrogens is 3. The van der Waals surface area contributed by atoms with Crippen LogP contribution >= 0.6 is 0 Å². The van der Waals surface area contributed by atoms with Crippen LogP contribution in [0.15, 0.2) is 90.6 Å². The predicted molar refractivity (Wildman–Crippen MR) is 161 cm³/mol. The predicted octanol–water partition coefficient (Wildman–Crippen LogP) is 7.39. The van der Waals surface area contributed by atoms with Crippen molar-refractivity contribution in [3.05, 3.63) is 107 Å². The van der Waals surface area contributed by atoms with E-state index in [2.05, 4.69) is 28.6 Å². The molecule has 214 valence electrons. The number of Topliss-reactive ketones (excluding diaryl/α,β-unsaturated/α-hetero) is 1. The lowest BCUT2D eigenvalue weighted by Crippen LogP contribution is -2.18. The number of unbranched alkanes of at least 4 members (excludes halogenated alkanes) is 1. The third-order valence-electron chi connectivity index (χ3n) is 7.50. The number of hydrogen-bond donors (Lipinski definition) is 0. The van der Waals surface area contributed by atoms with Gasteiger partial charge in [0.15, 0.2) is 5.71 Å². The van der Waals surface area contributed by atoms with Gasteiger partial charge in [-0.25, -0.2) is 14.3 Å². The number of ketones is 1. The van der Waals surface area contributed by atoms with Crippen LogP contribution in [0.1, 0.15) is 55.5 Å². The van der Waals surface area contributed by atoms with Crippen LogP contribution < -0.4 is 0 Å². The highest BCUT2D eigenvalue weighted by Gasteiger charge is 2.22. The van der Waals surface area contributed by atoms with Gasteiger partial charge in [-0.2, -0.15) is 0 Å². The second-order valence-corrected chi connectivity index (χ2v) is 10.2. The fourth-order valence-electron chi connectivity index (χ4n) is 5.18. The first-order valence-corrected chi connectivity index (χ1v) is 14.0. The number of carbonyl (C=O) groups excluding carboxylic acids is 2. The molecule has 0 fully saturated rings. The maximum Gasteiger partial charge on any atom is 0.445 e. The van der Waals surface area contributed by atoms with E-state index in [1.807, 2.05) is 6.07 Å². The number of carbonyl (C=O) groups is 2. The van der Waals surface area contributed by atoms with Crippen LogP contribution in [-0.2, 0) is 11.4 Å². The Morgan fingerprint density at radius 2 is 1.74 bits per heavy atom. The summed E-state index contributed by atoms with van der Waals surface area (Å²) in [7, 11) is 0. The minimum Gasteiger partial charge on any atom is -0.340 e. The van der Waals surface area contributed by atoms with Gasteiger partial charge in [0.05, 0.1) is 4.92 Å². The van der Waals surface area contributed by atoms with E-state index < -0.39 is 16.8 Å². The molecule has 0 N–H and O–H groups in total. The smallest absolute Gasteiger partial charge is 0.340 e. The molecule has 2 heterocycles. The third kappa shape index (κ3) is 5.83. The van der Waals surface area contributed by atoms with E-state index in [0.29, 0.717) is 22.4 Å². The zero-order valence-electron chi connectivity index (χ0n) is 23.5. The van der Waals surface area contributed by atoms with E-state index in [0.717, 1.165) is 53.2 Å². The van der Waals surface area contributed by atoms with Crippen molar-refractivity contribution in [3.8, 4) is 0 Å². The van der Waals surface area contributed by atoms with E-state index in [4.69, 9.17) is 4.84 Å². The van der Waals surface area contributed by atoms with Gasteiger partial charge in [0.25, 0.3) is 5.69 Å². The summed E-state index contributed by atoms with van der Waals surface area (Å²) in [6.07, 6.45) is 7.65. The van der Waals surface area contributed by atoms with Crippen molar-refractivity contribution in [2.45, 2.75) is 46.1 Å². The lowest BCUT2D eigenvalue weighted by Gasteiger charge is -2.17. The maximum absolute atomic E-state index is 13.9. The quantitative estimate of drug-likeness (QED) is 0.0541. The summed E-state index contributed by atoms with van der Waals surface area (Å²) in [5.41, 5.74) is 2.48. The van der Waals surface area contributed by atoms with Gasteiger partial charge < -0.3 is 4.57 Å². The SMILES string of the molecule is CCCCC(CC)Cn1c2ccc(C(=O)C(=NOC(=O)n3ccnc3)c3ccccc3)cc2c2cc([N+](=O)[O-])ccc21. The van der Waals surface area contributed by atoms with Crippen molar-refractivity contribution in [3.63, 3.8) is 0 Å². The molecule has 3 aromatic carbocycles. The Hall–Kier alpha value is -5.12. The molecule has 5 rings (SSSR count). The second kappa shape index (κ2) is 12.6. The number of nitro benzene ring substituents is 1. The van der Waals surface area contributed by atoms with Crippen molar-refractivity contribution in [2.24, 2.45) is 11.1 Å². The highest BCUT2D eigenvalue weighted by molar-refractivity contribution is 6.51. The number of nitrogens with zero attached hydrogens (tertiary/aromatic N) is 5. The molecule has 10 heteroatoms. The van der Waals surface area contributed by atoms with E-state index in [9.17, 15) is 19.7 Å². The molecule has 1 unspecified atom stereocenters. The average molecular weight is 566 g/mol. The van der Waals surface area contributed by atoms with E-state index in [-0.39, 0.29) is 11.4 Å². The van der Waals surface area contributed by atoms with Crippen molar-refractivity contribution >= 4 is 45.1 Å². The standard InChI is InChI=1S/C32H31N5O5/c1-3-5-9-22(4-2)20-36-28-14-12-24(18-26(28)27-19-25(37(40)41)13-15-29(27)36)31(38)30(23-10-7-6-8-11-23)34-42-32(39)35-17-16-33-21-35/h6-8,10-19,21-22H,3-5,9,20H2,1-2H3. The lowest BCUT2D eigenvalue weighted by molar-refractivity contribution is -0.384. The first kappa shape index (κ1) is 28.4. The molecule has 0 aliphatic heterocycles. The number of oxime groups is 1. The lowest BCUT2D eigenvalue weighted by atomic mass is 9.98. The Morgan fingerprint density at radius 3 is 2.40 bits per heavy atom. The molecule has 0 aliphatic rings. The van der Waals surface area contributed by atoms with Crippen LogP contribution in [0.2, 0.25) is 0 Å². The Morgan fingerprint density at radius 1 is 1.00 bits per heavy atom. The number of non-ortho nitro benzene ring substituents is 1. The van der Waals surface area contributed by atoms with Gasteiger partial charge in [0.2, 0.25) is 5.78 Å². The fourth-order valence-corrected chi connectivity index (χ4v) is 5.18. The molecular weight excluding hydrogens is 534 g/mol. The monoisotopic (exact) mass is 565 g/mol. The van der Waals surface area contributed by atoms with E-state index in [1.165, 1.54) is 24.8 Å². The zero-order chi connectivity index (χ0) is 29.6. The van der Waals surface area contributed by atoms with Gasteiger partial charge in [0.1, 0.15) is 6.33 Å². The summed E-state index contributed by atoms with van der Waals surface area (Å²) in [5, 5.41) is 17.0. The van der Waals surface area contributed by atoms with Crippen LogP contribution in [0.3, 0.4) is 0 Å².